The van der Waals surface area contributed by atoms with Crippen LogP contribution in [-0.4, -0.2) is 75.6 Å². The average molecular weight is 483 g/mol. The summed E-state index contributed by atoms with van der Waals surface area (Å²) in [7, 11) is 0. The van der Waals surface area contributed by atoms with Gasteiger partial charge in [-0.25, -0.2) is 4.98 Å². The number of amides is 1. The summed E-state index contributed by atoms with van der Waals surface area (Å²) in [5, 5.41) is 2.28. The maximum atomic E-state index is 11.2. The fraction of sp³-hybridized carbons (Fsp3) is 0.560. The second-order valence-corrected chi connectivity index (χ2v) is 10.3. The van der Waals surface area contributed by atoms with Crippen LogP contribution in [0, 0.1) is 5.92 Å². The van der Waals surface area contributed by atoms with Gasteiger partial charge in [-0.15, -0.1) is 0 Å². The number of fused-ring (bicyclic) bond motifs is 1. The molecule has 182 valence electrons. The largest absolute Gasteiger partial charge is 0.381 e. The van der Waals surface area contributed by atoms with E-state index < -0.39 is 0 Å². The van der Waals surface area contributed by atoms with Crippen molar-refractivity contribution in [2.24, 2.45) is 11.7 Å². The fourth-order valence-corrected chi connectivity index (χ4v) is 5.90. The molecule has 2 fully saturated rings. The highest BCUT2D eigenvalue weighted by Crippen LogP contribution is 2.33. The maximum absolute atomic E-state index is 11.2. The highest BCUT2D eigenvalue weighted by atomic mass is 32.1. The van der Waals surface area contributed by atoms with Gasteiger partial charge >= 0.3 is 0 Å². The average Bonchev–Trinajstić information content (AvgIpc) is 3.45. The van der Waals surface area contributed by atoms with Crippen LogP contribution in [0.3, 0.4) is 0 Å². The van der Waals surface area contributed by atoms with Gasteiger partial charge in [0.25, 0.3) is 0 Å². The molecule has 0 bridgehead atoms. The van der Waals surface area contributed by atoms with Crippen LogP contribution in [-0.2, 0) is 29.0 Å². The first-order valence-corrected chi connectivity index (χ1v) is 13.1. The van der Waals surface area contributed by atoms with E-state index in [9.17, 15) is 4.79 Å². The Hall–Kier alpha value is -2.33. The number of ether oxygens (including phenoxy) is 1. The molecule has 1 aromatic carbocycles. The second-order valence-electron chi connectivity index (χ2n) is 9.45. The SMILES string of the molecule is CCc1cccc2c(-c3nsc(CN4CCN(CC(N)=O)CC4)n3)cn(CC3CCOCC3)c12. The molecule has 5 rings (SSSR count). The number of primary amides is 1. The number of para-hydroxylation sites is 1. The number of nitrogens with zero attached hydrogens (tertiary/aromatic N) is 5. The summed E-state index contributed by atoms with van der Waals surface area (Å²) in [6, 6.07) is 6.61. The zero-order valence-electron chi connectivity index (χ0n) is 19.9. The van der Waals surface area contributed by atoms with Crippen molar-refractivity contribution >= 4 is 28.3 Å². The number of hydrogen-bond acceptors (Lipinski definition) is 7. The highest BCUT2D eigenvalue weighted by Gasteiger charge is 2.22. The third-order valence-corrected chi connectivity index (χ3v) is 7.77. The van der Waals surface area contributed by atoms with E-state index in [1.54, 1.807) is 0 Å². The van der Waals surface area contributed by atoms with Crippen molar-refractivity contribution in [1.29, 1.82) is 0 Å². The van der Waals surface area contributed by atoms with E-state index >= 15 is 0 Å². The van der Waals surface area contributed by atoms with Gasteiger partial charge in [-0.05, 0) is 42.3 Å². The van der Waals surface area contributed by atoms with Gasteiger partial charge in [0.15, 0.2) is 5.82 Å². The Kier molecular flexibility index (Phi) is 7.24. The molecule has 0 spiro atoms. The quantitative estimate of drug-likeness (QED) is 0.531. The molecule has 0 unspecified atom stereocenters. The van der Waals surface area contributed by atoms with Crippen molar-refractivity contribution in [2.75, 3.05) is 45.9 Å². The van der Waals surface area contributed by atoms with Crippen molar-refractivity contribution in [3.63, 3.8) is 0 Å². The first-order chi connectivity index (χ1) is 16.6. The lowest BCUT2D eigenvalue weighted by molar-refractivity contribution is -0.119. The summed E-state index contributed by atoms with van der Waals surface area (Å²) < 4.78 is 12.8. The van der Waals surface area contributed by atoms with Gasteiger partial charge in [-0.1, -0.05) is 25.1 Å². The molecular weight excluding hydrogens is 448 g/mol. The number of hydrogen-bond donors (Lipinski definition) is 1. The third kappa shape index (κ3) is 5.17. The molecule has 0 radical (unpaired) electrons. The first kappa shape index (κ1) is 23.4. The summed E-state index contributed by atoms with van der Waals surface area (Å²) in [5.41, 5.74) is 9.17. The summed E-state index contributed by atoms with van der Waals surface area (Å²) >= 11 is 1.50. The number of piperazine rings is 1. The van der Waals surface area contributed by atoms with Crippen molar-refractivity contribution < 1.29 is 9.53 Å². The van der Waals surface area contributed by atoms with E-state index in [1.165, 1.54) is 28.0 Å². The highest BCUT2D eigenvalue weighted by molar-refractivity contribution is 7.05. The van der Waals surface area contributed by atoms with Gasteiger partial charge in [0.2, 0.25) is 5.91 Å². The Balaban J connectivity index is 1.35. The van der Waals surface area contributed by atoms with E-state index in [1.807, 2.05) is 0 Å². The molecule has 2 aliphatic heterocycles. The number of nitrogens with two attached hydrogens (primary N) is 1. The molecule has 1 amide bonds. The van der Waals surface area contributed by atoms with Crippen LogP contribution in [0.1, 0.15) is 30.3 Å². The summed E-state index contributed by atoms with van der Waals surface area (Å²) in [5.74, 6) is 1.22. The van der Waals surface area contributed by atoms with Gasteiger partial charge in [0, 0.05) is 63.1 Å². The van der Waals surface area contributed by atoms with Gasteiger partial charge < -0.3 is 15.0 Å². The van der Waals surface area contributed by atoms with Crippen molar-refractivity contribution in [3.05, 3.63) is 35.0 Å². The van der Waals surface area contributed by atoms with E-state index in [0.717, 1.165) is 88.1 Å². The molecule has 2 N–H and O–H groups in total. The van der Waals surface area contributed by atoms with E-state index in [0.29, 0.717) is 12.5 Å². The summed E-state index contributed by atoms with van der Waals surface area (Å²) in [4.78, 5) is 20.6. The second kappa shape index (κ2) is 10.5. The number of benzene rings is 1. The predicted octanol–water partition coefficient (Wildman–Crippen LogP) is 2.75. The molecule has 2 aliphatic rings. The predicted molar refractivity (Wildman–Crippen MR) is 135 cm³/mol. The molecule has 0 atom stereocenters. The number of carbonyl (C=O) groups excluding carboxylic acids is 1. The minimum Gasteiger partial charge on any atom is -0.381 e. The van der Waals surface area contributed by atoms with Crippen LogP contribution < -0.4 is 5.73 Å². The lowest BCUT2D eigenvalue weighted by Crippen LogP contribution is -2.48. The van der Waals surface area contributed by atoms with Crippen molar-refractivity contribution in [3.8, 4) is 11.4 Å². The lowest BCUT2D eigenvalue weighted by atomic mass is 10.00. The molecule has 3 aromatic rings. The van der Waals surface area contributed by atoms with Crippen LogP contribution >= 0.6 is 11.5 Å². The van der Waals surface area contributed by atoms with E-state index in [4.69, 9.17) is 19.8 Å². The van der Waals surface area contributed by atoms with Crippen molar-refractivity contribution in [1.82, 2.24) is 23.7 Å². The Morgan fingerprint density at radius 3 is 2.68 bits per heavy atom. The van der Waals surface area contributed by atoms with Crippen LogP contribution in [0.15, 0.2) is 24.4 Å². The molecule has 2 aromatic heterocycles. The Labute approximate surface area is 204 Å². The van der Waals surface area contributed by atoms with Crippen LogP contribution in [0.4, 0.5) is 0 Å². The van der Waals surface area contributed by atoms with E-state index in [2.05, 4.69) is 45.7 Å². The molecule has 4 heterocycles. The molecule has 0 saturated carbocycles. The Morgan fingerprint density at radius 2 is 1.94 bits per heavy atom. The van der Waals surface area contributed by atoms with Crippen molar-refractivity contribution in [2.45, 2.75) is 39.3 Å². The molecular formula is C25H34N6O2S. The Morgan fingerprint density at radius 1 is 1.18 bits per heavy atom. The standard InChI is InChI=1S/C25H34N6O2S/c1-2-19-4-3-5-20-21(15-31(24(19)20)14-18-6-12-33-13-7-18)25-27-23(34-28-25)17-30-10-8-29(9-11-30)16-22(26)32/h3-5,15,18H,2,6-14,16-17H2,1H3,(H2,26,32). The zero-order chi connectivity index (χ0) is 23.5. The first-order valence-electron chi connectivity index (χ1n) is 12.3. The van der Waals surface area contributed by atoms with Gasteiger partial charge in [0.05, 0.1) is 18.6 Å². The summed E-state index contributed by atoms with van der Waals surface area (Å²) in [6.07, 6.45) is 5.52. The van der Waals surface area contributed by atoms with Crippen LogP contribution in [0.25, 0.3) is 22.3 Å². The van der Waals surface area contributed by atoms with Gasteiger partial charge in [-0.2, -0.15) is 4.37 Å². The molecule has 2 saturated heterocycles. The topological polar surface area (TPSA) is 89.5 Å². The molecule has 8 nitrogen and oxygen atoms in total. The minimum atomic E-state index is -0.260. The number of aryl methyl sites for hydroxylation is 1. The monoisotopic (exact) mass is 482 g/mol. The van der Waals surface area contributed by atoms with Crippen LogP contribution in [0.2, 0.25) is 0 Å². The number of aromatic nitrogens is 3. The lowest BCUT2D eigenvalue weighted by Gasteiger charge is -2.33. The normalized spacial score (nSPS) is 18.6. The fourth-order valence-electron chi connectivity index (χ4n) is 5.20. The number of carbonyl (C=O) groups is 1. The molecule has 9 heteroatoms. The summed E-state index contributed by atoms with van der Waals surface area (Å²) in [6.45, 7) is 9.64. The van der Waals surface area contributed by atoms with Crippen LogP contribution in [0.5, 0.6) is 0 Å². The number of rotatable bonds is 8. The van der Waals surface area contributed by atoms with E-state index in [-0.39, 0.29) is 5.91 Å². The zero-order valence-corrected chi connectivity index (χ0v) is 20.7. The maximum Gasteiger partial charge on any atom is 0.231 e. The Bertz CT molecular complexity index is 1130. The molecule has 34 heavy (non-hydrogen) atoms. The molecule has 0 aliphatic carbocycles. The smallest absolute Gasteiger partial charge is 0.231 e. The van der Waals surface area contributed by atoms with Gasteiger partial charge in [0.1, 0.15) is 5.01 Å². The van der Waals surface area contributed by atoms with Gasteiger partial charge in [-0.3, -0.25) is 14.6 Å². The minimum absolute atomic E-state index is 0.260. The third-order valence-electron chi connectivity index (χ3n) is 7.07.